The fraction of sp³-hybridized carbons (Fsp3) is 0.312. The highest BCUT2D eigenvalue weighted by atomic mass is 16.5. The number of hydrogen-bond donors (Lipinski definition) is 3. The Morgan fingerprint density at radius 3 is 2.87 bits per heavy atom. The third kappa shape index (κ3) is 2.95. The number of H-pyrrole nitrogens is 2. The minimum Gasteiger partial charge on any atom is -0.383 e. The lowest BCUT2D eigenvalue weighted by molar-refractivity contribution is 0.0937. The molecule has 3 N–H and O–H groups in total. The van der Waals surface area contributed by atoms with Crippen LogP contribution in [0, 0.1) is 13.8 Å². The lowest BCUT2D eigenvalue weighted by Crippen LogP contribution is -2.27. The summed E-state index contributed by atoms with van der Waals surface area (Å²) >= 11 is 0. The van der Waals surface area contributed by atoms with E-state index in [0.29, 0.717) is 30.2 Å². The first kappa shape index (κ1) is 15.2. The lowest BCUT2D eigenvalue weighted by Gasteiger charge is -2.03. The molecule has 0 radical (unpaired) electrons. The zero-order valence-corrected chi connectivity index (χ0v) is 13.4. The average molecular weight is 313 g/mol. The van der Waals surface area contributed by atoms with Gasteiger partial charge in [-0.1, -0.05) is 0 Å². The monoisotopic (exact) mass is 313 g/mol. The van der Waals surface area contributed by atoms with Crippen molar-refractivity contribution < 1.29 is 9.53 Å². The van der Waals surface area contributed by atoms with Crippen LogP contribution in [0.1, 0.15) is 21.5 Å². The molecule has 7 nitrogen and oxygen atoms in total. The summed E-state index contributed by atoms with van der Waals surface area (Å²) in [7, 11) is 1.59. The van der Waals surface area contributed by atoms with Crippen molar-refractivity contribution >= 4 is 16.9 Å². The third-order valence-electron chi connectivity index (χ3n) is 3.81. The number of hydrogen-bond acceptors (Lipinski definition) is 4. The summed E-state index contributed by atoms with van der Waals surface area (Å²) < 4.78 is 4.93. The topological polar surface area (TPSA) is 95.7 Å². The number of aromatic nitrogens is 4. The van der Waals surface area contributed by atoms with Gasteiger partial charge in [0.05, 0.1) is 29.4 Å². The standard InChI is InChI=1S/C16H19N5O2/c1-9-6-12-13(7-10(9)2)20-15(19-12)14-11(8-18-21-14)16(22)17-4-5-23-3/h6-8H,4-5H2,1-3H3,(H,17,22)(H,18,21)(H,19,20). The molecule has 120 valence electrons. The maximum absolute atomic E-state index is 12.2. The summed E-state index contributed by atoms with van der Waals surface area (Å²) in [5, 5.41) is 9.61. The quantitative estimate of drug-likeness (QED) is 0.627. The van der Waals surface area contributed by atoms with E-state index in [2.05, 4.69) is 38.5 Å². The summed E-state index contributed by atoms with van der Waals surface area (Å²) in [5.41, 5.74) is 5.19. The molecular formula is C16H19N5O2. The van der Waals surface area contributed by atoms with Crippen LogP contribution in [-0.2, 0) is 4.74 Å². The molecule has 0 bridgehead atoms. The molecule has 0 saturated heterocycles. The van der Waals surface area contributed by atoms with Crippen molar-refractivity contribution in [3.63, 3.8) is 0 Å². The number of aryl methyl sites for hydroxylation is 2. The molecule has 0 fully saturated rings. The van der Waals surface area contributed by atoms with Gasteiger partial charge in [0.1, 0.15) is 5.69 Å². The molecule has 2 heterocycles. The van der Waals surface area contributed by atoms with Crippen molar-refractivity contribution in [2.75, 3.05) is 20.3 Å². The summed E-state index contributed by atoms with van der Waals surface area (Å²) in [5.74, 6) is 0.387. The normalized spacial score (nSPS) is 11.1. The number of nitrogens with one attached hydrogen (secondary N) is 3. The molecule has 3 rings (SSSR count). The number of ether oxygens (including phenoxy) is 1. The Bertz CT molecular complexity index is 810. The first-order valence-corrected chi connectivity index (χ1v) is 7.38. The van der Waals surface area contributed by atoms with Crippen molar-refractivity contribution in [1.29, 1.82) is 0 Å². The minimum absolute atomic E-state index is 0.210. The number of benzene rings is 1. The van der Waals surface area contributed by atoms with Gasteiger partial charge in [-0.05, 0) is 37.1 Å². The third-order valence-corrected chi connectivity index (χ3v) is 3.81. The van der Waals surface area contributed by atoms with Crippen LogP contribution in [0.4, 0.5) is 0 Å². The molecule has 0 saturated carbocycles. The molecular weight excluding hydrogens is 294 g/mol. The van der Waals surface area contributed by atoms with Crippen LogP contribution in [-0.4, -0.2) is 46.3 Å². The molecule has 0 atom stereocenters. The van der Waals surface area contributed by atoms with Gasteiger partial charge in [0.2, 0.25) is 0 Å². The van der Waals surface area contributed by atoms with Gasteiger partial charge in [0.25, 0.3) is 5.91 Å². The fourth-order valence-corrected chi connectivity index (χ4v) is 2.39. The van der Waals surface area contributed by atoms with Crippen LogP contribution in [0.5, 0.6) is 0 Å². The zero-order chi connectivity index (χ0) is 16.4. The first-order chi connectivity index (χ1) is 11.1. The van der Waals surface area contributed by atoms with Gasteiger partial charge in [0, 0.05) is 13.7 Å². The molecule has 0 unspecified atom stereocenters. The zero-order valence-electron chi connectivity index (χ0n) is 13.4. The predicted octanol–water partition coefficient (Wildman–Crippen LogP) is 1.95. The van der Waals surface area contributed by atoms with Crippen molar-refractivity contribution in [3.8, 4) is 11.5 Å². The van der Waals surface area contributed by atoms with Crippen LogP contribution in [0.3, 0.4) is 0 Å². The van der Waals surface area contributed by atoms with Gasteiger partial charge in [-0.15, -0.1) is 0 Å². The predicted molar refractivity (Wildman–Crippen MR) is 87.4 cm³/mol. The number of carbonyl (C=O) groups excluding carboxylic acids is 1. The number of fused-ring (bicyclic) bond motifs is 1. The van der Waals surface area contributed by atoms with Gasteiger partial charge in [-0.3, -0.25) is 9.89 Å². The molecule has 1 aromatic carbocycles. The van der Waals surface area contributed by atoms with E-state index in [1.54, 1.807) is 7.11 Å². The average Bonchev–Trinajstić information content (AvgIpc) is 3.14. The van der Waals surface area contributed by atoms with Crippen molar-refractivity contribution in [2.45, 2.75) is 13.8 Å². The van der Waals surface area contributed by atoms with E-state index in [1.807, 2.05) is 13.0 Å². The molecule has 0 aliphatic rings. The van der Waals surface area contributed by atoms with Gasteiger partial charge >= 0.3 is 0 Å². The summed E-state index contributed by atoms with van der Waals surface area (Å²) in [6.07, 6.45) is 1.50. The Morgan fingerprint density at radius 2 is 2.09 bits per heavy atom. The van der Waals surface area contributed by atoms with E-state index < -0.39 is 0 Å². The van der Waals surface area contributed by atoms with Crippen molar-refractivity contribution in [1.82, 2.24) is 25.5 Å². The summed E-state index contributed by atoms with van der Waals surface area (Å²) in [4.78, 5) is 20.0. The Morgan fingerprint density at radius 1 is 1.30 bits per heavy atom. The van der Waals surface area contributed by atoms with Gasteiger partial charge in [0.15, 0.2) is 5.82 Å². The number of methoxy groups -OCH3 is 1. The highest BCUT2D eigenvalue weighted by Crippen LogP contribution is 2.23. The molecule has 23 heavy (non-hydrogen) atoms. The summed E-state index contributed by atoms with van der Waals surface area (Å²) in [6, 6.07) is 4.08. The molecule has 0 aliphatic heterocycles. The van der Waals surface area contributed by atoms with E-state index in [1.165, 1.54) is 17.3 Å². The second kappa shape index (κ2) is 6.21. The molecule has 3 aromatic rings. The molecule has 0 spiro atoms. The maximum atomic E-state index is 12.2. The number of rotatable bonds is 5. The van der Waals surface area contributed by atoms with E-state index in [0.717, 1.165) is 11.0 Å². The van der Waals surface area contributed by atoms with E-state index >= 15 is 0 Å². The highest BCUT2D eigenvalue weighted by Gasteiger charge is 2.18. The van der Waals surface area contributed by atoms with Crippen LogP contribution in [0.25, 0.3) is 22.6 Å². The van der Waals surface area contributed by atoms with Crippen LogP contribution < -0.4 is 5.32 Å². The fourth-order valence-electron chi connectivity index (χ4n) is 2.39. The number of amides is 1. The van der Waals surface area contributed by atoms with Crippen LogP contribution in [0.2, 0.25) is 0 Å². The maximum Gasteiger partial charge on any atom is 0.255 e. The SMILES string of the molecule is COCCNC(=O)c1cn[nH]c1-c1nc2cc(C)c(C)cc2[nH]1. The summed E-state index contributed by atoms with van der Waals surface area (Å²) in [6.45, 7) is 5.01. The van der Waals surface area contributed by atoms with Crippen LogP contribution >= 0.6 is 0 Å². The Balaban J connectivity index is 1.93. The molecule has 7 heteroatoms. The van der Waals surface area contributed by atoms with E-state index in [-0.39, 0.29) is 5.91 Å². The molecule has 1 amide bonds. The van der Waals surface area contributed by atoms with Gasteiger partial charge < -0.3 is 15.0 Å². The Labute approximate surface area is 133 Å². The smallest absolute Gasteiger partial charge is 0.255 e. The number of aromatic amines is 2. The Hall–Kier alpha value is -2.67. The number of carbonyl (C=O) groups is 1. The Kier molecular flexibility index (Phi) is 4.12. The minimum atomic E-state index is -0.210. The van der Waals surface area contributed by atoms with E-state index in [9.17, 15) is 4.79 Å². The van der Waals surface area contributed by atoms with Gasteiger partial charge in [-0.2, -0.15) is 5.10 Å². The van der Waals surface area contributed by atoms with Gasteiger partial charge in [-0.25, -0.2) is 4.98 Å². The molecule has 2 aromatic heterocycles. The number of nitrogens with zero attached hydrogens (tertiary/aromatic N) is 2. The largest absolute Gasteiger partial charge is 0.383 e. The molecule has 0 aliphatic carbocycles. The highest BCUT2D eigenvalue weighted by molar-refractivity contribution is 5.99. The second-order valence-electron chi connectivity index (χ2n) is 5.45. The number of imidazole rings is 1. The van der Waals surface area contributed by atoms with Crippen molar-refractivity contribution in [3.05, 3.63) is 35.0 Å². The first-order valence-electron chi connectivity index (χ1n) is 7.38. The van der Waals surface area contributed by atoms with Crippen molar-refractivity contribution in [2.24, 2.45) is 0 Å². The second-order valence-corrected chi connectivity index (χ2v) is 5.45. The van der Waals surface area contributed by atoms with E-state index in [4.69, 9.17) is 4.74 Å². The lowest BCUT2D eigenvalue weighted by atomic mass is 10.1. The van der Waals surface area contributed by atoms with Crippen LogP contribution in [0.15, 0.2) is 18.3 Å².